The van der Waals surface area contributed by atoms with E-state index in [1.54, 1.807) is 24.3 Å². The zero-order valence-corrected chi connectivity index (χ0v) is 14.6. The summed E-state index contributed by atoms with van der Waals surface area (Å²) < 4.78 is 21.1. The summed E-state index contributed by atoms with van der Waals surface area (Å²) in [5.41, 5.74) is 1.54. The van der Waals surface area contributed by atoms with Crippen LogP contribution in [0.5, 0.6) is 17.2 Å². The molecule has 0 aliphatic heterocycles. The smallest absolute Gasteiger partial charge is 0.310 e. The SMILES string of the molecule is COc1cc(CC(=O)OCc2cccc(Cl)c2)cc(OC)c1OC. The summed E-state index contributed by atoms with van der Waals surface area (Å²) in [6.07, 6.45) is 0.0945. The Hall–Kier alpha value is -2.40. The molecule has 0 saturated carbocycles. The van der Waals surface area contributed by atoms with E-state index in [1.165, 1.54) is 21.3 Å². The lowest BCUT2D eigenvalue weighted by Crippen LogP contribution is -2.08. The Balaban J connectivity index is 2.05. The van der Waals surface area contributed by atoms with Crippen LogP contribution in [0.4, 0.5) is 0 Å². The Kier molecular flexibility index (Phi) is 6.32. The lowest BCUT2D eigenvalue weighted by molar-refractivity contribution is -0.144. The highest BCUT2D eigenvalue weighted by Gasteiger charge is 2.15. The molecule has 0 amide bonds. The molecular formula is C18H19ClO5. The van der Waals surface area contributed by atoms with E-state index in [9.17, 15) is 4.79 Å². The number of halogens is 1. The van der Waals surface area contributed by atoms with Gasteiger partial charge in [0.2, 0.25) is 5.75 Å². The number of ether oxygens (including phenoxy) is 4. The fraction of sp³-hybridized carbons (Fsp3) is 0.278. The van der Waals surface area contributed by atoms with Gasteiger partial charge in [0, 0.05) is 5.02 Å². The molecule has 2 aromatic rings. The van der Waals surface area contributed by atoms with Crippen LogP contribution in [0, 0.1) is 0 Å². The largest absolute Gasteiger partial charge is 0.493 e. The summed E-state index contributed by atoms with van der Waals surface area (Å²) in [4.78, 5) is 12.1. The molecule has 0 aliphatic rings. The summed E-state index contributed by atoms with van der Waals surface area (Å²) in [5.74, 6) is 1.12. The first kappa shape index (κ1) is 17.9. The number of hydrogen-bond acceptors (Lipinski definition) is 5. The fourth-order valence-electron chi connectivity index (χ4n) is 2.25. The Morgan fingerprint density at radius 1 is 0.958 bits per heavy atom. The number of benzene rings is 2. The van der Waals surface area contributed by atoms with Gasteiger partial charge in [-0.1, -0.05) is 23.7 Å². The highest BCUT2D eigenvalue weighted by molar-refractivity contribution is 6.30. The Morgan fingerprint density at radius 2 is 1.62 bits per heavy atom. The quantitative estimate of drug-likeness (QED) is 0.713. The van der Waals surface area contributed by atoms with Gasteiger partial charge < -0.3 is 18.9 Å². The van der Waals surface area contributed by atoms with E-state index in [0.29, 0.717) is 27.8 Å². The van der Waals surface area contributed by atoms with E-state index in [4.69, 9.17) is 30.5 Å². The van der Waals surface area contributed by atoms with Gasteiger partial charge in [-0.05, 0) is 35.4 Å². The molecule has 5 nitrogen and oxygen atoms in total. The summed E-state index contributed by atoms with van der Waals surface area (Å²) in [6.45, 7) is 0.170. The average Bonchev–Trinajstić information content (AvgIpc) is 2.59. The molecule has 0 heterocycles. The molecule has 2 aromatic carbocycles. The van der Waals surface area contributed by atoms with Gasteiger partial charge in [0.1, 0.15) is 6.61 Å². The molecule has 6 heteroatoms. The molecule has 24 heavy (non-hydrogen) atoms. The zero-order chi connectivity index (χ0) is 17.5. The van der Waals surface area contributed by atoms with Gasteiger partial charge in [0.05, 0.1) is 27.8 Å². The minimum absolute atomic E-state index is 0.0945. The van der Waals surface area contributed by atoms with E-state index in [1.807, 2.05) is 12.1 Å². The van der Waals surface area contributed by atoms with Gasteiger partial charge in [-0.25, -0.2) is 0 Å². The molecule has 128 valence electrons. The highest BCUT2D eigenvalue weighted by atomic mass is 35.5. The van der Waals surface area contributed by atoms with Gasteiger partial charge in [-0.3, -0.25) is 4.79 Å². The van der Waals surface area contributed by atoms with Gasteiger partial charge in [0.15, 0.2) is 11.5 Å². The van der Waals surface area contributed by atoms with Crippen LogP contribution >= 0.6 is 11.6 Å². The Morgan fingerprint density at radius 3 is 2.17 bits per heavy atom. The number of esters is 1. The number of rotatable bonds is 7. The second-order valence-corrected chi connectivity index (χ2v) is 5.44. The van der Waals surface area contributed by atoms with Gasteiger partial charge in [-0.15, -0.1) is 0 Å². The van der Waals surface area contributed by atoms with Gasteiger partial charge >= 0.3 is 5.97 Å². The molecule has 0 saturated heterocycles. The van der Waals surface area contributed by atoms with Crippen LogP contribution in [0.25, 0.3) is 0 Å². The van der Waals surface area contributed by atoms with Crippen molar-refractivity contribution < 1.29 is 23.7 Å². The van der Waals surface area contributed by atoms with Crippen LogP contribution in [0.1, 0.15) is 11.1 Å². The monoisotopic (exact) mass is 350 g/mol. The Labute approximate surface area is 146 Å². The third-order valence-electron chi connectivity index (χ3n) is 3.36. The third-order valence-corrected chi connectivity index (χ3v) is 3.60. The summed E-state index contributed by atoms with van der Waals surface area (Å²) in [5, 5.41) is 0.605. The van der Waals surface area contributed by atoms with E-state index < -0.39 is 0 Å². The predicted molar refractivity (Wildman–Crippen MR) is 91.1 cm³/mol. The first-order valence-electron chi connectivity index (χ1n) is 7.26. The standard InChI is InChI=1S/C18H19ClO5/c1-21-15-8-13(9-16(22-2)18(15)23-3)10-17(20)24-11-12-5-4-6-14(19)7-12/h4-9H,10-11H2,1-3H3. The lowest BCUT2D eigenvalue weighted by Gasteiger charge is -2.14. The van der Waals surface area contributed by atoms with Crippen molar-refractivity contribution in [3.63, 3.8) is 0 Å². The Bertz CT molecular complexity index is 689. The van der Waals surface area contributed by atoms with Crippen molar-refractivity contribution >= 4 is 17.6 Å². The molecule has 0 fully saturated rings. The van der Waals surface area contributed by atoms with Crippen molar-refractivity contribution in [2.75, 3.05) is 21.3 Å². The summed E-state index contributed by atoms with van der Waals surface area (Å²) in [6, 6.07) is 10.6. The van der Waals surface area contributed by atoms with Crippen molar-refractivity contribution in [2.45, 2.75) is 13.0 Å². The molecule has 0 atom stereocenters. The van der Waals surface area contributed by atoms with Crippen LogP contribution in [0.2, 0.25) is 5.02 Å². The van der Waals surface area contributed by atoms with E-state index in [2.05, 4.69) is 0 Å². The third kappa shape index (κ3) is 4.55. The average molecular weight is 351 g/mol. The van der Waals surface area contributed by atoms with Gasteiger partial charge in [0.25, 0.3) is 0 Å². The molecule has 0 spiro atoms. The number of carbonyl (C=O) groups excluding carboxylic acids is 1. The molecule has 0 bridgehead atoms. The van der Waals surface area contributed by atoms with Crippen LogP contribution in [-0.4, -0.2) is 27.3 Å². The molecular weight excluding hydrogens is 332 g/mol. The molecule has 0 radical (unpaired) electrons. The molecule has 0 aliphatic carbocycles. The second kappa shape index (κ2) is 8.45. The minimum Gasteiger partial charge on any atom is -0.493 e. The topological polar surface area (TPSA) is 54.0 Å². The van der Waals surface area contributed by atoms with E-state index >= 15 is 0 Å². The molecule has 0 N–H and O–H groups in total. The van der Waals surface area contributed by atoms with Gasteiger partial charge in [-0.2, -0.15) is 0 Å². The fourth-order valence-corrected chi connectivity index (χ4v) is 2.46. The maximum absolute atomic E-state index is 12.1. The second-order valence-electron chi connectivity index (χ2n) is 5.00. The number of methoxy groups -OCH3 is 3. The molecule has 0 aromatic heterocycles. The zero-order valence-electron chi connectivity index (χ0n) is 13.8. The summed E-state index contributed by atoms with van der Waals surface area (Å²) >= 11 is 5.91. The normalized spacial score (nSPS) is 10.2. The van der Waals surface area contributed by atoms with Crippen LogP contribution in [-0.2, 0) is 22.6 Å². The van der Waals surface area contributed by atoms with Crippen LogP contribution in [0.15, 0.2) is 36.4 Å². The van der Waals surface area contributed by atoms with Crippen molar-refractivity contribution in [3.05, 3.63) is 52.5 Å². The highest BCUT2D eigenvalue weighted by Crippen LogP contribution is 2.38. The first-order valence-corrected chi connectivity index (χ1v) is 7.64. The molecule has 0 unspecified atom stereocenters. The van der Waals surface area contributed by atoms with Crippen LogP contribution < -0.4 is 14.2 Å². The first-order chi connectivity index (χ1) is 11.6. The number of carbonyl (C=O) groups is 1. The lowest BCUT2D eigenvalue weighted by atomic mass is 10.1. The maximum Gasteiger partial charge on any atom is 0.310 e. The van der Waals surface area contributed by atoms with Crippen molar-refractivity contribution in [1.29, 1.82) is 0 Å². The van der Waals surface area contributed by atoms with Crippen molar-refractivity contribution in [2.24, 2.45) is 0 Å². The summed E-state index contributed by atoms with van der Waals surface area (Å²) in [7, 11) is 4.58. The van der Waals surface area contributed by atoms with Crippen molar-refractivity contribution in [1.82, 2.24) is 0 Å². The molecule has 2 rings (SSSR count). The van der Waals surface area contributed by atoms with E-state index in [-0.39, 0.29) is 19.0 Å². The van der Waals surface area contributed by atoms with Crippen molar-refractivity contribution in [3.8, 4) is 17.2 Å². The minimum atomic E-state index is -0.357. The van der Waals surface area contributed by atoms with Crippen LogP contribution in [0.3, 0.4) is 0 Å². The maximum atomic E-state index is 12.1. The van der Waals surface area contributed by atoms with E-state index in [0.717, 1.165) is 5.56 Å². The predicted octanol–water partition coefficient (Wildman–Crippen LogP) is 3.65. The number of hydrogen-bond donors (Lipinski definition) is 0.